The van der Waals surface area contributed by atoms with Gasteiger partial charge in [-0.3, -0.25) is 19.8 Å². The Labute approximate surface area is 196 Å². The van der Waals surface area contributed by atoms with Gasteiger partial charge in [0.25, 0.3) is 0 Å². The number of nitro groups is 1. The lowest BCUT2D eigenvalue weighted by Crippen LogP contribution is -2.39. The molecule has 0 radical (unpaired) electrons. The largest absolute Gasteiger partial charge is 0.481 e. The molecule has 0 saturated carbocycles. The van der Waals surface area contributed by atoms with Crippen LogP contribution in [0.3, 0.4) is 0 Å². The molecule has 2 saturated heterocycles. The molecule has 12 nitrogen and oxygen atoms in total. The second-order valence-corrected chi connectivity index (χ2v) is 10.8. The number of hydrogen-bond donors (Lipinski definition) is 2. The first-order valence-corrected chi connectivity index (χ1v) is 12.8. The molecule has 1 aromatic heterocycles. The number of benzene rings is 1. The van der Waals surface area contributed by atoms with Crippen LogP contribution >= 0.6 is 0 Å². The minimum absolute atomic E-state index is 0.0596. The fourth-order valence-electron chi connectivity index (χ4n) is 4.20. The van der Waals surface area contributed by atoms with Crippen LogP contribution in [0.1, 0.15) is 18.4 Å². The highest BCUT2D eigenvalue weighted by Crippen LogP contribution is 2.35. The zero-order valence-corrected chi connectivity index (χ0v) is 19.3. The van der Waals surface area contributed by atoms with E-state index in [1.165, 1.54) is 6.33 Å². The van der Waals surface area contributed by atoms with E-state index in [1.807, 2.05) is 12.1 Å². The molecule has 0 aliphatic carbocycles. The molecule has 4 rings (SSSR count). The van der Waals surface area contributed by atoms with Crippen LogP contribution in [-0.2, 0) is 21.2 Å². The van der Waals surface area contributed by atoms with Crippen LogP contribution < -0.4 is 10.2 Å². The number of sulfone groups is 1. The number of piperidine rings is 1. The van der Waals surface area contributed by atoms with E-state index in [9.17, 15) is 28.4 Å². The molecule has 0 atom stereocenters. The number of hydrogen-bond acceptors (Lipinski definition) is 10. The van der Waals surface area contributed by atoms with Crippen molar-refractivity contribution in [2.24, 2.45) is 5.92 Å². The van der Waals surface area contributed by atoms with Gasteiger partial charge in [0.1, 0.15) is 6.33 Å². The first-order chi connectivity index (χ1) is 16.2. The summed E-state index contributed by atoms with van der Waals surface area (Å²) in [6.07, 6.45) is 2.04. The van der Waals surface area contributed by atoms with Crippen LogP contribution in [0.2, 0.25) is 0 Å². The van der Waals surface area contributed by atoms with Crippen molar-refractivity contribution in [3.63, 3.8) is 0 Å². The lowest BCUT2D eigenvalue weighted by atomic mass is 9.97. The Kier molecular flexibility index (Phi) is 6.93. The number of aliphatic carboxylic acids is 1. The van der Waals surface area contributed by atoms with E-state index in [0.717, 1.165) is 5.56 Å². The maximum absolute atomic E-state index is 11.9. The quantitative estimate of drug-likeness (QED) is 0.429. The van der Waals surface area contributed by atoms with Gasteiger partial charge in [0.05, 0.1) is 22.3 Å². The highest BCUT2D eigenvalue weighted by atomic mass is 32.2. The lowest BCUT2D eigenvalue weighted by molar-refractivity contribution is -0.383. The van der Waals surface area contributed by atoms with Gasteiger partial charge < -0.3 is 15.3 Å². The summed E-state index contributed by atoms with van der Waals surface area (Å²) in [5.74, 6) is -0.747. The van der Waals surface area contributed by atoms with Crippen LogP contribution in [-0.4, -0.2) is 77.0 Å². The van der Waals surface area contributed by atoms with Crippen molar-refractivity contribution in [3.05, 3.63) is 46.3 Å². The van der Waals surface area contributed by atoms with Crippen LogP contribution in [0.15, 0.2) is 30.6 Å². The van der Waals surface area contributed by atoms with E-state index in [2.05, 4.69) is 20.2 Å². The first kappa shape index (κ1) is 23.8. The van der Waals surface area contributed by atoms with Gasteiger partial charge in [-0.25, -0.2) is 18.4 Å². The molecule has 0 spiro atoms. The highest BCUT2D eigenvalue weighted by Gasteiger charge is 2.31. The number of rotatable bonds is 7. The molecule has 2 N–H and O–H groups in total. The smallest absolute Gasteiger partial charge is 0.353 e. The van der Waals surface area contributed by atoms with Crippen LogP contribution in [0.5, 0.6) is 0 Å². The number of nitrogens with one attached hydrogen (secondary N) is 1. The third kappa shape index (κ3) is 5.59. The summed E-state index contributed by atoms with van der Waals surface area (Å²) >= 11 is 0. The van der Waals surface area contributed by atoms with E-state index in [-0.39, 0.29) is 28.8 Å². The molecule has 0 amide bonds. The topological polar surface area (TPSA) is 159 Å². The summed E-state index contributed by atoms with van der Waals surface area (Å²) in [6, 6.07) is 7.35. The van der Waals surface area contributed by atoms with Crippen molar-refractivity contribution in [2.45, 2.75) is 19.4 Å². The molecule has 34 heavy (non-hydrogen) atoms. The average Bonchev–Trinajstić information content (AvgIpc) is 2.81. The third-order valence-electron chi connectivity index (χ3n) is 6.19. The van der Waals surface area contributed by atoms with Crippen LogP contribution in [0, 0.1) is 16.0 Å². The molecular weight excluding hydrogens is 464 g/mol. The van der Waals surface area contributed by atoms with Gasteiger partial charge in [0.2, 0.25) is 11.6 Å². The molecule has 13 heteroatoms. The van der Waals surface area contributed by atoms with E-state index >= 15 is 0 Å². The molecule has 2 fully saturated rings. The number of nitrogens with zero attached hydrogens (tertiary/aromatic N) is 5. The molecule has 1 aromatic carbocycles. The van der Waals surface area contributed by atoms with Gasteiger partial charge in [-0.05, 0) is 30.5 Å². The Bertz CT molecular complexity index is 1150. The second kappa shape index (κ2) is 9.89. The van der Waals surface area contributed by atoms with Gasteiger partial charge in [-0.15, -0.1) is 0 Å². The molecule has 0 bridgehead atoms. The number of anilines is 3. The maximum Gasteiger partial charge on any atom is 0.353 e. The predicted molar refractivity (Wildman–Crippen MR) is 125 cm³/mol. The average molecular weight is 491 g/mol. The van der Waals surface area contributed by atoms with E-state index in [1.54, 1.807) is 17.0 Å². The van der Waals surface area contributed by atoms with Gasteiger partial charge in [-0.1, -0.05) is 12.1 Å². The Morgan fingerprint density at radius 1 is 1.12 bits per heavy atom. The van der Waals surface area contributed by atoms with Crippen molar-refractivity contribution in [1.29, 1.82) is 0 Å². The summed E-state index contributed by atoms with van der Waals surface area (Å²) in [5, 5.41) is 24.1. The normalized spacial score (nSPS) is 19.0. The van der Waals surface area contributed by atoms with Crippen molar-refractivity contribution in [2.75, 3.05) is 47.9 Å². The Balaban J connectivity index is 1.46. The van der Waals surface area contributed by atoms with Crippen molar-refractivity contribution < 1.29 is 23.2 Å². The van der Waals surface area contributed by atoms with Gasteiger partial charge >= 0.3 is 11.7 Å². The first-order valence-electron chi connectivity index (χ1n) is 11.0. The fraction of sp³-hybridized carbons (Fsp3) is 0.476. The van der Waals surface area contributed by atoms with Gasteiger partial charge in [-0.2, -0.15) is 0 Å². The Hall–Kier alpha value is -3.32. The van der Waals surface area contributed by atoms with Gasteiger partial charge in [0, 0.05) is 38.4 Å². The molecule has 182 valence electrons. The minimum atomic E-state index is -2.93. The zero-order chi connectivity index (χ0) is 24.3. The number of carboxylic acids is 1. The number of carboxylic acid groups (broad SMARTS) is 1. The Morgan fingerprint density at radius 3 is 2.35 bits per heavy atom. The summed E-state index contributed by atoms with van der Waals surface area (Å²) in [5.41, 5.74) is 1.36. The van der Waals surface area contributed by atoms with E-state index in [0.29, 0.717) is 51.3 Å². The molecular formula is C21H26N6O6S. The zero-order valence-electron chi connectivity index (χ0n) is 18.5. The standard InChI is InChI=1S/C21H26N6O6S/c28-21(29)16-5-7-26(8-6-16)20-18(27(30)31)19(22-14-23-20)24-17-3-1-15(2-4-17)13-25-9-11-34(32,33)12-10-25/h1-4,14,16H,5-13H2,(H,28,29)(H,22,23,24). The van der Waals surface area contributed by atoms with Crippen LogP contribution in [0.4, 0.5) is 23.0 Å². The van der Waals surface area contributed by atoms with E-state index < -0.39 is 26.6 Å². The lowest BCUT2D eigenvalue weighted by Gasteiger charge is -2.30. The summed E-state index contributed by atoms with van der Waals surface area (Å²) in [6.45, 7) is 2.35. The minimum Gasteiger partial charge on any atom is -0.481 e. The number of aromatic nitrogens is 2. The Morgan fingerprint density at radius 2 is 1.76 bits per heavy atom. The van der Waals surface area contributed by atoms with Crippen molar-refractivity contribution in [1.82, 2.24) is 14.9 Å². The number of carbonyl (C=O) groups is 1. The summed E-state index contributed by atoms with van der Waals surface area (Å²) < 4.78 is 23.2. The molecule has 3 heterocycles. The molecule has 2 aliphatic heterocycles. The highest BCUT2D eigenvalue weighted by molar-refractivity contribution is 7.91. The maximum atomic E-state index is 11.9. The van der Waals surface area contributed by atoms with Crippen LogP contribution in [0.25, 0.3) is 0 Å². The monoisotopic (exact) mass is 490 g/mol. The SMILES string of the molecule is O=C(O)C1CCN(c2ncnc(Nc3ccc(CN4CCS(=O)(=O)CC4)cc3)c2[N+](=O)[O-])CC1. The second-order valence-electron chi connectivity index (χ2n) is 8.50. The van der Waals surface area contributed by atoms with E-state index in [4.69, 9.17) is 0 Å². The van der Waals surface area contributed by atoms with Gasteiger partial charge in [0.15, 0.2) is 9.84 Å². The summed E-state index contributed by atoms with van der Waals surface area (Å²) in [4.78, 5) is 34.6. The third-order valence-corrected chi connectivity index (χ3v) is 7.80. The fourth-order valence-corrected chi connectivity index (χ4v) is 5.47. The predicted octanol–water partition coefficient (Wildman–Crippen LogP) is 1.66. The van der Waals surface area contributed by atoms with Crippen molar-refractivity contribution in [3.8, 4) is 0 Å². The summed E-state index contributed by atoms with van der Waals surface area (Å²) in [7, 11) is -2.93. The van der Waals surface area contributed by atoms with Crippen molar-refractivity contribution >= 4 is 38.8 Å². The molecule has 2 aliphatic rings. The molecule has 2 aromatic rings. The molecule has 0 unspecified atom stereocenters.